The Bertz CT molecular complexity index is 1170. The molecule has 0 heterocycles. The van der Waals surface area contributed by atoms with E-state index in [-0.39, 0.29) is 18.1 Å². The van der Waals surface area contributed by atoms with Crippen LogP contribution in [-0.4, -0.2) is 12.1 Å². The highest BCUT2D eigenvalue weighted by molar-refractivity contribution is 5.79. The largest absolute Gasteiger partial charge is 0.460 e. The Kier molecular flexibility index (Phi) is 6.47. The van der Waals surface area contributed by atoms with Gasteiger partial charge in [-0.2, -0.15) is 13.2 Å². The van der Waals surface area contributed by atoms with Gasteiger partial charge in [0, 0.05) is 11.1 Å². The lowest BCUT2D eigenvalue weighted by atomic mass is 9.86. The lowest BCUT2D eigenvalue weighted by Gasteiger charge is -2.29. The molecule has 1 saturated carbocycles. The number of alkyl halides is 4. The third-order valence-electron chi connectivity index (χ3n) is 6.09. The Morgan fingerprint density at radius 3 is 2.24 bits per heavy atom. The minimum absolute atomic E-state index is 0.169. The SMILES string of the molecule is Cc1cccc(C(C(=O)OCc2cccc(C(F)(c3ccc(F)cc3)C(F)(F)F)c2)C2CC2)c1. The average molecular weight is 474 g/mol. The van der Waals surface area contributed by atoms with Gasteiger partial charge in [0.05, 0.1) is 5.92 Å². The van der Waals surface area contributed by atoms with Gasteiger partial charge in [-0.15, -0.1) is 0 Å². The number of rotatable bonds is 7. The molecule has 2 atom stereocenters. The maximum Gasteiger partial charge on any atom is 0.431 e. The Morgan fingerprint density at radius 1 is 0.941 bits per heavy atom. The smallest absolute Gasteiger partial charge is 0.431 e. The fourth-order valence-corrected chi connectivity index (χ4v) is 4.19. The molecule has 2 unspecified atom stereocenters. The van der Waals surface area contributed by atoms with Crippen LogP contribution in [0.4, 0.5) is 22.0 Å². The minimum atomic E-state index is -5.29. The van der Waals surface area contributed by atoms with Crippen molar-refractivity contribution in [2.45, 2.75) is 44.1 Å². The van der Waals surface area contributed by atoms with Crippen LogP contribution in [0.1, 0.15) is 46.6 Å². The van der Waals surface area contributed by atoms with Gasteiger partial charge in [-0.3, -0.25) is 4.79 Å². The van der Waals surface area contributed by atoms with E-state index in [0.29, 0.717) is 0 Å². The van der Waals surface area contributed by atoms with Gasteiger partial charge >= 0.3 is 12.1 Å². The van der Waals surface area contributed by atoms with Crippen molar-refractivity contribution in [1.29, 1.82) is 0 Å². The normalized spacial score (nSPS) is 16.5. The Balaban J connectivity index is 1.57. The van der Waals surface area contributed by atoms with Crippen molar-refractivity contribution in [1.82, 2.24) is 0 Å². The highest BCUT2D eigenvalue weighted by Crippen LogP contribution is 2.48. The summed E-state index contributed by atoms with van der Waals surface area (Å²) in [5.41, 5.74) is -3.17. The van der Waals surface area contributed by atoms with E-state index in [0.717, 1.165) is 60.4 Å². The van der Waals surface area contributed by atoms with Crippen molar-refractivity contribution in [3.8, 4) is 0 Å². The molecular formula is C27H23F5O2. The summed E-state index contributed by atoms with van der Waals surface area (Å²) in [6.07, 6.45) is -3.49. The molecule has 0 saturated heterocycles. The van der Waals surface area contributed by atoms with Crippen molar-refractivity contribution in [2.75, 3.05) is 0 Å². The van der Waals surface area contributed by atoms with E-state index in [1.54, 1.807) is 0 Å². The third-order valence-corrected chi connectivity index (χ3v) is 6.09. The molecule has 1 aliphatic rings. The van der Waals surface area contributed by atoms with Crippen molar-refractivity contribution in [2.24, 2.45) is 5.92 Å². The molecule has 0 spiro atoms. The van der Waals surface area contributed by atoms with Crippen molar-refractivity contribution in [3.05, 3.63) is 106 Å². The van der Waals surface area contributed by atoms with Crippen molar-refractivity contribution >= 4 is 5.97 Å². The van der Waals surface area contributed by atoms with Gasteiger partial charge in [0.25, 0.3) is 5.67 Å². The predicted molar refractivity (Wildman–Crippen MR) is 117 cm³/mol. The molecule has 178 valence electrons. The van der Waals surface area contributed by atoms with Gasteiger partial charge in [-0.1, -0.05) is 60.2 Å². The van der Waals surface area contributed by atoms with E-state index in [9.17, 15) is 22.4 Å². The highest BCUT2D eigenvalue weighted by atomic mass is 19.4. The summed E-state index contributed by atoms with van der Waals surface area (Å²) in [5, 5.41) is 0. The molecule has 7 heteroatoms. The number of ether oxygens (including phenoxy) is 1. The van der Waals surface area contributed by atoms with Crippen LogP contribution in [-0.2, 0) is 21.8 Å². The first-order valence-corrected chi connectivity index (χ1v) is 10.9. The van der Waals surface area contributed by atoms with Crippen LogP contribution in [0, 0.1) is 18.7 Å². The first-order chi connectivity index (χ1) is 16.1. The molecule has 0 radical (unpaired) electrons. The van der Waals surface area contributed by atoms with E-state index < -0.39 is 40.7 Å². The topological polar surface area (TPSA) is 26.3 Å². The maximum atomic E-state index is 15.6. The number of aryl methyl sites for hydroxylation is 1. The van der Waals surface area contributed by atoms with Crippen molar-refractivity contribution in [3.63, 3.8) is 0 Å². The molecular weight excluding hydrogens is 451 g/mol. The molecule has 1 aliphatic carbocycles. The zero-order valence-corrected chi connectivity index (χ0v) is 18.4. The summed E-state index contributed by atoms with van der Waals surface area (Å²) >= 11 is 0. The van der Waals surface area contributed by atoms with E-state index in [4.69, 9.17) is 4.74 Å². The summed E-state index contributed by atoms with van der Waals surface area (Å²) in [7, 11) is 0. The maximum absolute atomic E-state index is 15.6. The van der Waals surface area contributed by atoms with Crippen LogP contribution >= 0.6 is 0 Å². The average Bonchev–Trinajstić information content (AvgIpc) is 3.62. The fourth-order valence-electron chi connectivity index (χ4n) is 4.19. The predicted octanol–water partition coefficient (Wildman–Crippen LogP) is 7.15. The zero-order chi connectivity index (χ0) is 24.5. The lowest BCUT2D eigenvalue weighted by Crippen LogP contribution is -2.39. The molecule has 3 aromatic rings. The van der Waals surface area contributed by atoms with Gasteiger partial charge in [0.1, 0.15) is 12.4 Å². The summed E-state index contributed by atoms with van der Waals surface area (Å²) in [6.45, 7) is 1.63. The second kappa shape index (κ2) is 9.20. The minimum Gasteiger partial charge on any atom is -0.460 e. The summed E-state index contributed by atoms with van der Waals surface area (Å²) < 4.78 is 76.0. The molecule has 0 amide bonds. The molecule has 0 aliphatic heterocycles. The van der Waals surface area contributed by atoms with Gasteiger partial charge in [0.2, 0.25) is 0 Å². The number of halogens is 5. The van der Waals surface area contributed by atoms with E-state index >= 15 is 4.39 Å². The molecule has 0 bridgehead atoms. The molecule has 4 rings (SSSR count). The number of carbonyl (C=O) groups is 1. The number of hydrogen-bond donors (Lipinski definition) is 0. The highest BCUT2D eigenvalue weighted by Gasteiger charge is 2.58. The first kappa shape index (κ1) is 23.9. The van der Waals surface area contributed by atoms with Crippen LogP contribution < -0.4 is 0 Å². The lowest BCUT2D eigenvalue weighted by molar-refractivity contribution is -0.219. The molecule has 1 fully saturated rings. The summed E-state index contributed by atoms with van der Waals surface area (Å²) in [4.78, 5) is 12.9. The molecule has 34 heavy (non-hydrogen) atoms. The second-order valence-electron chi connectivity index (χ2n) is 8.70. The second-order valence-corrected chi connectivity index (χ2v) is 8.70. The van der Waals surface area contributed by atoms with E-state index in [2.05, 4.69) is 0 Å². The number of esters is 1. The summed E-state index contributed by atoms with van der Waals surface area (Å²) in [5.74, 6) is -1.51. The summed E-state index contributed by atoms with van der Waals surface area (Å²) in [6, 6.07) is 15.5. The molecule has 3 aromatic carbocycles. The monoisotopic (exact) mass is 474 g/mol. The Labute approximate surface area is 194 Å². The number of hydrogen-bond acceptors (Lipinski definition) is 2. The Hall–Kier alpha value is -3.22. The number of benzene rings is 3. The fraction of sp³-hybridized carbons (Fsp3) is 0.296. The van der Waals surface area contributed by atoms with Gasteiger partial charge in [0.15, 0.2) is 0 Å². The first-order valence-electron chi connectivity index (χ1n) is 10.9. The third kappa shape index (κ3) is 4.83. The molecule has 2 nitrogen and oxygen atoms in total. The van der Waals surface area contributed by atoms with Crippen LogP contribution in [0.25, 0.3) is 0 Å². The van der Waals surface area contributed by atoms with Gasteiger partial charge < -0.3 is 4.74 Å². The van der Waals surface area contributed by atoms with E-state index in [1.807, 2.05) is 31.2 Å². The zero-order valence-electron chi connectivity index (χ0n) is 18.4. The standard InChI is InChI=1S/C27H23F5O2/c1-17-4-2-6-20(14-17)24(19-8-9-19)25(33)34-16-18-5-3-7-22(15-18)26(29,27(30,31)32)21-10-12-23(28)13-11-21/h2-7,10-15,19,24H,8-9,16H2,1H3. The van der Waals surface area contributed by atoms with Crippen LogP contribution in [0.5, 0.6) is 0 Å². The number of carbonyl (C=O) groups excluding carboxylic acids is 1. The Morgan fingerprint density at radius 2 is 1.62 bits per heavy atom. The van der Waals surface area contributed by atoms with Crippen LogP contribution in [0.2, 0.25) is 0 Å². The van der Waals surface area contributed by atoms with Gasteiger partial charge in [-0.25, -0.2) is 8.78 Å². The van der Waals surface area contributed by atoms with Crippen molar-refractivity contribution < 1.29 is 31.5 Å². The molecule has 0 aromatic heterocycles. The molecule has 0 N–H and O–H groups in total. The quantitative estimate of drug-likeness (QED) is 0.269. The van der Waals surface area contributed by atoms with Gasteiger partial charge in [-0.05, 0) is 55.0 Å². The van der Waals surface area contributed by atoms with Crippen LogP contribution in [0.15, 0.2) is 72.8 Å². The van der Waals surface area contributed by atoms with Crippen LogP contribution in [0.3, 0.4) is 0 Å². The van der Waals surface area contributed by atoms with E-state index in [1.165, 1.54) is 12.1 Å².